The first-order valence-electron chi connectivity index (χ1n) is 12.6. The van der Waals surface area contributed by atoms with Crippen LogP contribution < -0.4 is 16.0 Å². The van der Waals surface area contributed by atoms with Crippen molar-refractivity contribution in [2.24, 2.45) is 29.4 Å². The summed E-state index contributed by atoms with van der Waals surface area (Å²) in [4.78, 5) is 81.8. The van der Waals surface area contributed by atoms with Crippen LogP contribution in [-0.4, -0.2) is 96.7 Å². The Morgan fingerprint density at radius 1 is 1.20 bits per heavy atom. The molecule has 0 bridgehead atoms. The number of ketones is 4. The van der Waals surface area contributed by atoms with E-state index in [-0.39, 0.29) is 30.7 Å². The minimum absolute atomic E-state index is 0.0641. The lowest BCUT2D eigenvalue weighted by Gasteiger charge is -2.52. The zero-order valence-electron chi connectivity index (χ0n) is 22.6. The molecule has 3 aliphatic rings. The molecule has 0 heterocycles. The van der Waals surface area contributed by atoms with Gasteiger partial charge in [-0.05, 0) is 44.5 Å². The first kappa shape index (κ1) is 28.9. The predicted molar refractivity (Wildman–Crippen MR) is 141 cm³/mol. The van der Waals surface area contributed by atoms with Gasteiger partial charge >= 0.3 is 6.09 Å². The van der Waals surface area contributed by atoms with Gasteiger partial charge in [-0.2, -0.15) is 0 Å². The number of phenolic OH excluding ortho intramolecular Hbond substituents is 1. The van der Waals surface area contributed by atoms with Crippen LogP contribution >= 0.6 is 0 Å². The van der Waals surface area contributed by atoms with E-state index in [0.29, 0.717) is 11.3 Å². The Balaban J connectivity index is 1.85. The first-order chi connectivity index (χ1) is 18.7. The van der Waals surface area contributed by atoms with Gasteiger partial charge < -0.3 is 25.6 Å². The van der Waals surface area contributed by atoms with E-state index in [9.17, 15) is 39.0 Å². The monoisotopic (exact) mass is 556 g/mol. The summed E-state index contributed by atoms with van der Waals surface area (Å²) in [5, 5.41) is 25.1. The topological polar surface area (TPSA) is 197 Å². The van der Waals surface area contributed by atoms with E-state index >= 15 is 0 Å². The fourth-order valence-electron chi connectivity index (χ4n) is 6.43. The number of benzene rings is 1. The van der Waals surface area contributed by atoms with Gasteiger partial charge in [-0.3, -0.25) is 34.2 Å². The van der Waals surface area contributed by atoms with Crippen molar-refractivity contribution in [3.05, 3.63) is 29.8 Å². The van der Waals surface area contributed by atoms with E-state index in [1.165, 1.54) is 31.1 Å². The second-order valence-electron chi connectivity index (χ2n) is 10.8. The van der Waals surface area contributed by atoms with Crippen molar-refractivity contribution in [3.63, 3.8) is 0 Å². The minimum Gasteiger partial charge on any atom is -0.505 e. The van der Waals surface area contributed by atoms with Gasteiger partial charge in [0.15, 0.2) is 34.7 Å². The average molecular weight is 557 g/mol. The molecule has 214 valence electrons. The van der Waals surface area contributed by atoms with Crippen molar-refractivity contribution in [1.82, 2.24) is 4.90 Å². The van der Waals surface area contributed by atoms with Crippen LogP contribution in [0.2, 0.25) is 0 Å². The van der Waals surface area contributed by atoms with E-state index in [0.717, 1.165) is 0 Å². The molecule has 2 fully saturated rings. The summed E-state index contributed by atoms with van der Waals surface area (Å²) >= 11 is 0. The SMILES string of the molecule is C=CCOC(=O)Nc1cc(N(C)C)c2c(c1O)C(=O)C1C(=O)[C@@]3(O)C(=O)C(C(N)=O)C(=O)[C@H](N(C)C)[C@H]3C[C@H]1C2. The quantitative estimate of drug-likeness (QED) is 0.203. The van der Waals surface area contributed by atoms with E-state index in [1.807, 2.05) is 0 Å². The standard InChI is InChI=1S/C27H32N4O9/c1-6-7-40-26(38)29-14-10-15(30(2)3)12-8-11-9-13-19(31(4)5)22(34)18(25(28)37)24(36)27(13,39)23(35)16(11)21(33)17(12)20(14)32/h6,10-11,13,16,18-19,32,39H,1,7-9H2,2-5H3,(H2,28,37)(H,29,38)/t11-,13-,16?,18?,19-,27-/m1/s1. The number of aromatic hydroxyl groups is 1. The number of primary amides is 1. The van der Waals surface area contributed by atoms with Crippen LogP contribution in [0, 0.1) is 23.7 Å². The molecule has 0 saturated heterocycles. The molecule has 40 heavy (non-hydrogen) atoms. The van der Waals surface area contributed by atoms with Gasteiger partial charge in [0, 0.05) is 25.7 Å². The molecule has 2 unspecified atom stereocenters. The van der Waals surface area contributed by atoms with Crippen molar-refractivity contribution in [2.45, 2.75) is 24.5 Å². The highest BCUT2D eigenvalue weighted by molar-refractivity contribution is 6.32. The van der Waals surface area contributed by atoms with Crippen LogP contribution in [0.4, 0.5) is 16.2 Å². The number of carbonyl (C=O) groups excluding carboxylic acids is 6. The molecule has 0 aliphatic heterocycles. The number of hydrogen-bond acceptors (Lipinski definition) is 11. The molecule has 2 saturated carbocycles. The molecule has 1 aromatic carbocycles. The van der Waals surface area contributed by atoms with E-state index in [4.69, 9.17) is 10.5 Å². The normalized spacial score (nSPS) is 29.3. The number of fused-ring (bicyclic) bond motifs is 3. The number of anilines is 2. The Hall–Kier alpha value is -4.10. The zero-order chi connectivity index (χ0) is 29.8. The molecule has 13 nitrogen and oxygen atoms in total. The molecule has 1 aromatic rings. The Labute approximate surface area is 229 Å². The lowest BCUT2D eigenvalue weighted by atomic mass is 9.52. The lowest BCUT2D eigenvalue weighted by Crippen LogP contribution is -2.74. The second-order valence-corrected chi connectivity index (χ2v) is 10.8. The molecule has 0 radical (unpaired) electrons. The van der Waals surface area contributed by atoms with Crippen molar-refractivity contribution < 1.29 is 43.7 Å². The van der Waals surface area contributed by atoms with Crippen LogP contribution in [0.5, 0.6) is 5.75 Å². The van der Waals surface area contributed by atoms with Crippen LogP contribution in [-0.2, 0) is 30.3 Å². The minimum atomic E-state index is -2.82. The fourth-order valence-corrected chi connectivity index (χ4v) is 6.43. The molecule has 4 rings (SSSR count). The highest BCUT2D eigenvalue weighted by Crippen LogP contribution is 2.52. The molecule has 5 N–H and O–H groups in total. The first-order valence-corrected chi connectivity index (χ1v) is 12.6. The van der Waals surface area contributed by atoms with Crippen molar-refractivity contribution in [3.8, 4) is 5.75 Å². The van der Waals surface area contributed by atoms with Crippen molar-refractivity contribution in [2.75, 3.05) is 45.0 Å². The number of phenols is 1. The molecule has 13 heteroatoms. The van der Waals surface area contributed by atoms with Crippen LogP contribution in [0.25, 0.3) is 0 Å². The van der Waals surface area contributed by atoms with Gasteiger partial charge in [-0.25, -0.2) is 4.79 Å². The highest BCUT2D eigenvalue weighted by atomic mass is 16.5. The molecular formula is C27H32N4O9. The average Bonchev–Trinajstić information content (AvgIpc) is 2.85. The van der Waals surface area contributed by atoms with Crippen LogP contribution in [0.3, 0.4) is 0 Å². The second kappa shape index (κ2) is 10.1. The molecular weight excluding hydrogens is 524 g/mol. The van der Waals surface area contributed by atoms with E-state index < -0.39 is 76.2 Å². The predicted octanol–water partition coefficient (Wildman–Crippen LogP) is -0.332. The summed E-state index contributed by atoms with van der Waals surface area (Å²) in [5.41, 5.74) is 3.01. The summed E-state index contributed by atoms with van der Waals surface area (Å²) in [6, 6.07) is 0.280. The third-order valence-corrected chi connectivity index (χ3v) is 8.09. The number of likely N-dealkylation sites (N-methyl/N-ethyl adjacent to an activating group) is 1. The molecule has 6 atom stereocenters. The maximum atomic E-state index is 13.9. The summed E-state index contributed by atoms with van der Waals surface area (Å²) in [5.74, 6) is -11.6. The Morgan fingerprint density at radius 3 is 2.40 bits per heavy atom. The number of carbonyl (C=O) groups is 6. The molecule has 0 aromatic heterocycles. The smallest absolute Gasteiger partial charge is 0.412 e. The lowest BCUT2D eigenvalue weighted by molar-refractivity contribution is -0.181. The fraction of sp³-hybridized carbons (Fsp3) is 0.481. The summed E-state index contributed by atoms with van der Waals surface area (Å²) in [7, 11) is 6.42. The number of hydrogen-bond donors (Lipinski definition) is 4. The Bertz CT molecular complexity index is 1350. The number of rotatable bonds is 6. The van der Waals surface area contributed by atoms with Gasteiger partial charge in [0.1, 0.15) is 12.4 Å². The molecule has 0 spiro atoms. The maximum Gasteiger partial charge on any atom is 0.412 e. The van der Waals surface area contributed by atoms with Gasteiger partial charge in [0.2, 0.25) is 5.91 Å². The van der Waals surface area contributed by atoms with Gasteiger partial charge in [-0.1, -0.05) is 12.7 Å². The van der Waals surface area contributed by atoms with Gasteiger partial charge in [0.25, 0.3) is 0 Å². The highest BCUT2D eigenvalue weighted by Gasteiger charge is 2.69. The van der Waals surface area contributed by atoms with Crippen LogP contribution in [0.1, 0.15) is 22.3 Å². The van der Waals surface area contributed by atoms with Gasteiger partial charge in [-0.15, -0.1) is 0 Å². The summed E-state index contributed by atoms with van der Waals surface area (Å²) < 4.78 is 4.90. The summed E-state index contributed by atoms with van der Waals surface area (Å²) in [6.07, 6.45) is 0.452. The summed E-state index contributed by atoms with van der Waals surface area (Å²) in [6.45, 7) is 3.35. The number of ether oxygens (including phenoxy) is 1. The molecule has 2 amide bonds. The van der Waals surface area contributed by atoms with Gasteiger partial charge in [0.05, 0.1) is 23.2 Å². The zero-order valence-corrected chi connectivity index (χ0v) is 22.6. The maximum absolute atomic E-state index is 13.9. The number of aliphatic hydroxyl groups is 1. The number of Topliss-reactive ketones (excluding diaryl/α,β-unsaturated/α-hetero) is 4. The largest absolute Gasteiger partial charge is 0.505 e. The molecule has 3 aliphatic carbocycles. The van der Waals surface area contributed by atoms with E-state index in [1.54, 1.807) is 19.0 Å². The number of amides is 2. The van der Waals surface area contributed by atoms with Crippen LogP contribution in [0.15, 0.2) is 18.7 Å². The van der Waals surface area contributed by atoms with Crippen molar-refractivity contribution >= 4 is 46.5 Å². The number of nitrogens with zero attached hydrogens (tertiary/aromatic N) is 2. The van der Waals surface area contributed by atoms with Crippen molar-refractivity contribution in [1.29, 1.82) is 0 Å². The Morgan fingerprint density at radius 2 is 1.85 bits per heavy atom. The number of nitrogens with one attached hydrogen (secondary N) is 1. The van der Waals surface area contributed by atoms with E-state index in [2.05, 4.69) is 11.9 Å². The third-order valence-electron chi connectivity index (χ3n) is 8.09. The Kier molecular flexibility index (Phi) is 7.32. The third kappa shape index (κ3) is 4.16. The number of nitrogens with two attached hydrogens (primary N) is 1.